The molecule has 2 amide bonds. The molecule has 0 saturated heterocycles. The van der Waals surface area contributed by atoms with Crippen LogP contribution in [0.3, 0.4) is 0 Å². The van der Waals surface area contributed by atoms with E-state index in [4.69, 9.17) is 23.2 Å². The Morgan fingerprint density at radius 2 is 1.65 bits per heavy atom. The number of nitrogens with zero attached hydrogens (tertiary/aromatic N) is 2. The normalized spacial score (nSPS) is 12.4. The highest BCUT2D eigenvalue weighted by Gasteiger charge is 2.31. The van der Waals surface area contributed by atoms with Gasteiger partial charge in [0.15, 0.2) is 0 Å². The summed E-state index contributed by atoms with van der Waals surface area (Å²) in [5.74, 6) is -1.56. The molecule has 2 aromatic rings. The molecule has 2 rings (SSSR count). The predicted octanol–water partition coefficient (Wildman–Crippen LogP) is 4.09. The van der Waals surface area contributed by atoms with E-state index in [0.29, 0.717) is 22.2 Å². The van der Waals surface area contributed by atoms with Crippen molar-refractivity contribution in [3.8, 4) is 0 Å². The number of carbonyl (C=O) groups excluding carboxylic acids is 2. The summed E-state index contributed by atoms with van der Waals surface area (Å²) in [5, 5.41) is 3.37. The van der Waals surface area contributed by atoms with Crippen LogP contribution in [-0.2, 0) is 26.2 Å². The molecular formula is C23H28Cl2FN3O4S. The summed E-state index contributed by atoms with van der Waals surface area (Å²) in [6.07, 6.45) is 0.916. The van der Waals surface area contributed by atoms with Gasteiger partial charge in [0.25, 0.3) is 0 Å². The number of nitrogens with one attached hydrogen (secondary N) is 1. The van der Waals surface area contributed by atoms with E-state index in [9.17, 15) is 22.4 Å². The molecule has 0 radical (unpaired) electrons. The van der Waals surface area contributed by atoms with Crippen molar-refractivity contribution in [1.82, 2.24) is 10.2 Å². The standard InChI is InChI=1S/C23H28Cl2FN3O4S/c1-15(2)12-27-23(31)16(3)28(13-19-20(24)9-6-10-21(19)25)22(30)14-29(34(4,32)33)18-8-5-7-17(26)11-18/h5-11,15-16H,12-14H2,1-4H3,(H,27,31). The minimum Gasteiger partial charge on any atom is -0.354 e. The zero-order valence-electron chi connectivity index (χ0n) is 19.4. The summed E-state index contributed by atoms with van der Waals surface area (Å²) in [7, 11) is -3.95. The van der Waals surface area contributed by atoms with Gasteiger partial charge in [-0.1, -0.05) is 49.2 Å². The molecule has 1 atom stereocenters. The van der Waals surface area contributed by atoms with Crippen LogP contribution in [0.25, 0.3) is 0 Å². The molecule has 0 saturated carbocycles. The smallest absolute Gasteiger partial charge is 0.244 e. The Labute approximate surface area is 209 Å². The highest BCUT2D eigenvalue weighted by molar-refractivity contribution is 7.92. The Kier molecular flexibility index (Phi) is 9.73. The number of rotatable bonds is 10. The van der Waals surface area contributed by atoms with Crippen LogP contribution in [0.1, 0.15) is 26.3 Å². The molecule has 0 spiro atoms. The summed E-state index contributed by atoms with van der Waals surface area (Å²) < 4.78 is 39.5. The molecule has 0 fully saturated rings. The molecule has 0 bridgehead atoms. The number of anilines is 1. The second kappa shape index (κ2) is 11.9. The summed E-state index contributed by atoms with van der Waals surface area (Å²) >= 11 is 12.6. The van der Waals surface area contributed by atoms with Gasteiger partial charge in [-0.15, -0.1) is 0 Å². The molecule has 1 unspecified atom stereocenters. The maximum atomic E-state index is 13.8. The lowest BCUT2D eigenvalue weighted by atomic mass is 10.1. The molecule has 0 aliphatic heterocycles. The number of amides is 2. The minimum absolute atomic E-state index is 0.0107. The molecule has 1 N–H and O–H groups in total. The fourth-order valence-corrected chi connectivity index (χ4v) is 4.49. The van der Waals surface area contributed by atoms with Crippen molar-refractivity contribution in [2.75, 3.05) is 23.7 Å². The molecule has 0 heterocycles. The van der Waals surface area contributed by atoms with E-state index < -0.39 is 40.2 Å². The first-order valence-electron chi connectivity index (χ1n) is 10.5. The van der Waals surface area contributed by atoms with Gasteiger partial charge in [0.1, 0.15) is 18.4 Å². The van der Waals surface area contributed by atoms with Crippen molar-refractivity contribution in [2.24, 2.45) is 5.92 Å². The van der Waals surface area contributed by atoms with Crippen molar-refractivity contribution in [3.05, 3.63) is 63.9 Å². The SMILES string of the molecule is CC(C)CNC(=O)C(C)N(Cc1c(Cl)cccc1Cl)C(=O)CN(c1cccc(F)c1)S(C)(=O)=O. The fourth-order valence-electron chi connectivity index (χ4n) is 3.13. The highest BCUT2D eigenvalue weighted by Crippen LogP contribution is 2.27. The maximum Gasteiger partial charge on any atom is 0.244 e. The molecular weight excluding hydrogens is 504 g/mol. The fraction of sp³-hybridized carbons (Fsp3) is 0.391. The Morgan fingerprint density at radius 1 is 1.06 bits per heavy atom. The molecule has 0 aliphatic rings. The zero-order chi connectivity index (χ0) is 25.6. The van der Waals surface area contributed by atoms with Gasteiger partial charge in [-0.3, -0.25) is 13.9 Å². The van der Waals surface area contributed by atoms with Crippen LogP contribution in [0.15, 0.2) is 42.5 Å². The average Bonchev–Trinajstić information content (AvgIpc) is 2.74. The van der Waals surface area contributed by atoms with Crippen LogP contribution >= 0.6 is 23.2 Å². The first-order valence-corrected chi connectivity index (χ1v) is 13.1. The summed E-state index contributed by atoms with van der Waals surface area (Å²) in [6.45, 7) is 5.02. The van der Waals surface area contributed by atoms with Gasteiger partial charge in [-0.2, -0.15) is 0 Å². The second-order valence-corrected chi connectivity index (χ2v) is 11.0. The van der Waals surface area contributed by atoms with Crippen LogP contribution in [0.4, 0.5) is 10.1 Å². The Balaban J connectivity index is 2.43. The van der Waals surface area contributed by atoms with E-state index in [1.54, 1.807) is 18.2 Å². The lowest BCUT2D eigenvalue weighted by Gasteiger charge is -2.32. The molecule has 0 aromatic heterocycles. The van der Waals surface area contributed by atoms with Gasteiger partial charge in [-0.25, -0.2) is 12.8 Å². The van der Waals surface area contributed by atoms with Gasteiger partial charge in [0.2, 0.25) is 21.8 Å². The maximum absolute atomic E-state index is 13.8. The van der Waals surface area contributed by atoms with Gasteiger partial charge in [0.05, 0.1) is 11.9 Å². The first kappa shape index (κ1) is 27.9. The van der Waals surface area contributed by atoms with Gasteiger partial charge in [-0.05, 0) is 43.2 Å². The van der Waals surface area contributed by atoms with E-state index in [1.165, 1.54) is 30.0 Å². The molecule has 11 heteroatoms. The van der Waals surface area contributed by atoms with Crippen molar-refractivity contribution in [2.45, 2.75) is 33.4 Å². The number of halogens is 3. The molecule has 7 nitrogen and oxygen atoms in total. The highest BCUT2D eigenvalue weighted by atomic mass is 35.5. The van der Waals surface area contributed by atoms with E-state index in [2.05, 4.69) is 5.32 Å². The first-order chi connectivity index (χ1) is 15.8. The van der Waals surface area contributed by atoms with Gasteiger partial charge < -0.3 is 10.2 Å². The van der Waals surface area contributed by atoms with Crippen LogP contribution in [0.5, 0.6) is 0 Å². The quantitative estimate of drug-likeness (QED) is 0.500. The van der Waals surface area contributed by atoms with Crippen molar-refractivity contribution in [1.29, 1.82) is 0 Å². The van der Waals surface area contributed by atoms with Crippen LogP contribution in [0, 0.1) is 11.7 Å². The van der Waals surface area contributed by atoms with Crippen LogP contribution in [-0.4, -0.2) is 50.5 Å². The van der Waals surface area contributed by atoms with E-state index in [1.807, 2.05) is 13.8 Å². The van der Waals surface area contributed by atoms with Gasteiger partial charge >= 0.3 is 0 Å². The third-order valence-corrected chi connectivity index (χ3v) is 6.87. The van der Waals surface area contributed by atoms with Gasteiger partial charge in [0, 0.05) is 28.7 Å². The molecule has 0 aliphatic carbocycles. The predicted molar refractivity (Wildman–Crippen MR) is 133 cm³/mol. The number of hydrogen-bond donors (Lipinski definition) is 1. The van der Waals surface area contributed by atoms with Crippen molar-refractivity contribution >= 4 is 50.7 Å². The topological polar surface area (TPSA) is 86.8 Å². The summed E-state index contributed by atoms with van der Waals surface area (Å²) in [4.78, 5) is 27.4. The number of hydrogen-bond acceptors (Lipinski definition) is 4. The minimum atomic E-state index is -3.95. The number of sulfonamides is 1. The van der Waals surface area contributed by atoms with E-state index in [0.717, 1.165) is 16.6 Å². The average molecular weight is 532 g/mol. The summed E-state index contributed by atoms with van der Waals surface area (Å²) in [5.41, 5.74) is 0.405. The Morgan fingerprint density at radius 3 is 2.18 bits per heavy atom. The third kappa shape index (κ3) is 7.58. The third-order valence-electron chi connectivity index (χ3n) is 5.02. The lowest BCUT2D eigenvalue weighted by Crippen LogP contribution is -2.51. The van der Waals surface area contributed by atoms with Crippen LogP contribution in [0.2, 0.25) is 10.0 Å². The second-order valence-electron chi connectivity index (χ2n) is 8.29. The van der Waals surface area contributed by atoms with E-state index >= 15 is 0 Å². The largest absolute Gasteiger partial charge is 0.354 e. The lowest BCUT2D eigenvalue weighted by molar-refractivity contribution is -0.139. The Hall–Kier alpha value is -2.36. The number of carbonyl (C=O) groups is 2. The monoisotopic (exact) mass is 531 g/mol. The number of benzene rings is 2. The zero-order valence-corrected chi connectivity index (χ0v) is 21.7. The van der Waals surface area contributed by atoms with E-state index in [-0.39, 0.29) is 18.2 Å². The van der Waals surface area contributed by atoms with Crippen molar-refractivity contribution in [3.63, 3.8) is 0 Å². The molecule has 2 aromatic carbocycles. The summed E-state index contributed by atoms with van der Waals surface area (Å²) in [6, 6.07) is 8.79. The molecule has 186 valence electrons. The Bertz CT molecular complexity index is 1120. The molecule has 34 heavy (non-hydrogen) atoms. The van der Waals surface area contributed by atoms with Crippen LogP contribution < -0.4 is 9.62 Å². The van der Waals surface area contributed by atoms with Crippen molar-refractivity contribution < 1.29 is 22.4 Å².